The van der Waals surface area contributed by atoms with Crippen LogP contribution in [0.1, 0.15) is 23.2 Å². The third-order valence-corrected chi connectivity index (χ3v) is 4.65. The molecule has 2 N–H and O–H groups in total. The average Bonchev–Trinajstić information content (AvgIpc) is 2.68. The number of nitrogens with one attached hydrogen (secondary N) is 2. The number of carbonyl (C=O) groups is 1. The van der Waals surface area contributed by atoms with E-state index in [9.17, 15) is 9.59 Å². The van der Waals surface area contributed by atoms with E-state index in [0.29, 0.717) is 30.1 Å². The Morgan fingerprint density at radius 2 is 1.88 bits per heavy atom. The van der Waals surface area contributed by atoms with Gasteiger partial charge in [0, 0.05) is 30.9 Å². The number of aromatic amines is 1. The molecule has 7 heteroatoms. The summed E-state index contributed by atoms with van der Waals surface area (Å²) in [6, 6.07) is 13.2. The molecule has 3 aromatic rings. The Kier molecular flexibility index (Phi) is 4.35. The Hall–Kier alpha value is -3.22. The quantitative estimate of drug-likeness (QED) is 0.755. The summed E-state index contributed by atoms with van der Waals surface area (Å²) in [4.78, 5) is 37.0. The summed E-state index contributed by atoms with van der Waals surface area (Å²) >= 11 is 0. The van der Waals surface area contributed by atoms with Crippen LogP contribution in [0.5, 0.6) is 0 Å². The van der Waals surface area contributed by atoms with E-state index >= 15 is 0 Å². The lowest BCUT2D eigenvalue weighted by atomic mass is 10.0. The van der Waals surface area contributed by atoms with Crippen LogP contribution >= 0.6 is 0 Å². The van der Waals surface area contributed by atoms with Crippen molar-refractivity contribution < 1.29 is 4.79 Å². The number of likely N-dealkylation sites (tertiary alicyclic amines) is 1. The van der Waals surface area contributed by atoms with Gasteiger partial charge in [-0.15, -0.1) is 0 Å². The summed E-state index contributed by atoms with van der Waals surface area (Å²) in [7, 11) is 0. The molecule has 1 fully saturated rings. The highest BCUT2D eigenvalue weighted by Gasteiger charge is 2.24. The Bertz CT molecular complexity index is 978. The predicted molar refractivity (Wildman–Crippen MR) is 99.1 cm³/mol. The van der Waals surface area contributed by atoms with Crippen molar-refractivity contribution >= 4 is 22.8 Å². The fourth-order valence-corrected chi connectivity index (χ4v) is 3.28. The van der Waals surface area contributed by atoms with Crippen LogP contribution in [0.4, 0.5) is 5.82 Å². The minimum Gasteiger partial charge on any atom is -0.366 e. The number of piperidine rings is 1. The zero-order valence-electron chi connectivity index (χ0n) is 14.2. The van der Waals surface area contributed by atoms with Gasteiger partial charge in [-0.25, -0.2) is 9.78 Å². The van der Waals surface area contributed by atoms with Gasteiger partial charge in [0.2, 0.25) is 0 Å². The fraction of sp³-hybridized carbons (Fsp3) is 0.263. The minimum atomic E-state index is -0.421. The molecule has 1 aliphatic heterocycles. The molecule has 1 amide bonds. The molecule has 0 atom stereocenters. The Morgan fingerprint density at radius 1 is 1.12 bits per heavy atom. The molecule has 1 aromatic carbocycles. The van der Waals surface area contributed by atoms with Gasteiger partial charge in [0.25, 0.3) is 5.91 Å². The molecular weight excluding hydrogens is 330 g/mol. The van der Waals surface area contributed by atoms with Gasteiger partial charge in [-0.05, 0) is 37.1 Å². The van der Waals surface area contributed by atoms with Crippen molar-refractivity contribution in [3.8, 4) is 0 Å². The highest BCUT2D eigenvalue weighted by Crippen LogP contribution is 2.21. The standard InChI is InChI=1S/C19H19N5O2/c25-18(13-5-2-1-3-6-13)24-11-8-14(9-12-24)21-17-15-7-4-10-20-16(15)22-19(26)23-17/h1-7,10,14H,8-9,11-12H2,(H2,20,21,22,23,26). The molecule has 4 rings (SSSR count). The van der Waals surface area contributed by atoms with Crippen molar-refractivity contribution in [2.45, 2.75) is 18.9 Å². The van der Waals surface area contributed by atoms with Gasteiger partial charge in [0.1, 0.15) is 11.5 Å². The molecule has 0 aliphatic carbocycles. The van der Waals surface area contributed by atoms with Crippen LogP contribution in [0, 0.1) is 0 Å². The maximum absolute atomic E-state index is 12.5. The largest absolute Gasteiger partial charge is 0.366 e. The summed E-state index contributed by atoms with van der Waals surface area (Å²) in [5, 5.41) is 4.14. The lowest BCUT2D eigenvalue weighted by Gasteiger charge is -2.32. The maximum atomic E-state index is 12.5. The van der Waals surface area contributed by atoms with Gasteiger partial charge in [-0.2, -0.15) is 4.98 Å². The monoisotopic (exact) mass is 349 g/mol. The van der Waals surface area contributed by atoms with Crippen LogP contribution < -0.4 is 11.0 Å². The predicted octanol–water partition coefficient (Wildman–Crippen LogP) is 2.03. The highest BCUT2D eigenvalue weighted by atomic mass is 16.2. The molecular formula is C19H19N5O2. The number of nitrogens with zero attached hydrogens (tertiary/aromatic N) is 3. The van der Waals surface area contributed by atoms with E-state index in [2.05, 4.69) is 20.3 Å². The van der Waals surface area contributed by atoms with E-state index < -0.39 is 5.69 Å². The van der Waals surface area contributed by atoms with Crippen LogP contribution in [0.15, 0.2) is 53.5 Å². The summed E-state index contributed by atoms with van der Waals surface area (Å²) in [6.07, 6.45) is 3.24. The third-order valence-electron chi connectivity index (χ3n) is 4.65. The van der Waals surface area contributed by atoms with Gasteiger partial charge in [-0.3, -0.25) is 9.78 Å². The highest BCUT2D eigenvalue weighted by molar-refractivity contribution is 5.94. The molecule has 1 saturated heterocycles. The first-order valence-corrected chi connectivity index (χ1v) is 8.66. The normalized spacial score (nSPS) is 15.2. The number of hydrogen-bond donors (Lipinski definition) is 2. The van der Waals surface area contributed by atoms with Crippen molar-refractivity contribution in [1.29, 1.82) is 0 Å². The van der Waals surface area contributed by atoms with E-state index in [1.165, 1.54) is 0 Å². The lowest BCUT2D eigenvalue weighted by Crippen LogP contribution is -2.42. The molecule has 132 valence electrons. The van der Waals surface area contributed by atoms with Gasteiger partial charge >= 0.3 is 5.69 Å². The van der Waals surface area contributed by atoms with E-state index in [1.807, 2.05) is 47.4 Å². The van der Waals surface area contributed by atoms with E-state index in [1.54, 1.807) is 6.20 Å². The minimum absolute atomic E-state index is 0.0629. The molecule has 0 spiro atoms. The van der Waals surface area contributed by atoms with Crippen molar-refractivity contribution in [3.63, 3.8) is 0 Å². The number of aromatic nitrogens is 3. The smallest absolute Gasteiger partial charge is 0.348 e. The second-order valence-electron chi connectivity index (χ2n) is 6.37. The van der Waals surface area contributed by atoms with Crippen LogP contribution in [-0.2, 0) is 0 Å². The van der Waals surface area contributed by atoms with Crippen molar-refractivity contribution in [3.05, 3.63) is 64.7 Å². The molecule has 0 unspecified atom stereocenters. The van der Waals surface area contributed by atoms with Crippen LogP contribution in [0.2, 0.25) is 0 Å². The lowest BCUT2D eigenvalue weighted by molar-refractivity contribution is 0.0718. The number of hydrogen-bond acceptors (Lipinski definition) is 5. The topological polar surface area (TPSA) is 91.0 Å². The number of pyridine rings is 1. The molecule has 0 radical (unpaired) electrons. The molecule has 2 aromatic heterocycles. The van der Waals surface area contributed by atoms with Crippen molar-refractivity contribution in [2.75, 3.05) is 18.4 Å². The van der Waals surface area contributed by atoms with Crippen LogP contribution in [-0.4, -0.2) is 44.9 Å². The maximum Gasteiger partial charge on any atom is 0.348 e. The third kappa shape index (κ3) is 3.28. The molecule has 1 aliphatic rings. The van der Waals surface area contributed by atoms with Gasteiger partial charge in [0.05, 0.1) is 5.39 Å². The average molecular weight is 349 g/mol. The zero-order valence-corrected chi connectivity index (χ0v) is 14.2. The van der Waals surface area contributed by atoms with Crippen molar-refractivity contribution in [1.82, 2.24) is 19.9 Å². The first-order valence-electron chi connectivity index (χ1n) is 8.66. The zero-order chi connectivity index (χ0) is 17.9. The first kappa shape index (κ1) is 16.3. The van der Waals surface area contributed by atoms with Crippen LogP contribution in [0.3, 0.4) is 0 Å². The second-order valence-corrected chi connectivity index (χ2v) is 6.37. The number of rotatable bonds is 3. The van der Waals surface area contributed by atoms with Gasteiger partial charge in [0.15, 0.2) is 0 Å². The molecule has 3 heterocycles. The summed E-state index contributed by atoms with van der Waals surface area (Å²) in [5.41, 5.74) is 0.814. The SMILES string of the molecule is O=C(c1ccccc1)N1CCC(Nc2nc(=O)[nH]c3ncccc23)CC1. The summed E-state index contributed by atoms with van der Waals surface area (Å²) < 4.78 is 0. The first-order chi connectivity index (χ1) is 12.7. The Morgan fingerprint density at radius 3 is 2.65 bits per heavy atom. The number of fused-ring (bicyclic) bond motifs is 1. The molecule has 0 saturated carbocycles. The van der Waals surface area contributed by atoms with Gasteiger partial charge < -0.3 is 10.2 Å². The van der Waals surface area contributed by atoms with Crippen molar-refractivity contribution in [2.24, 2.45) is 0 Å². The molecule has 26 heavy (non-hydrogen) atoms. The number of amides is 1. The number of carbonyl (C=O) groups excluding carboxylic acids is 1. The summed E-state index contributed by atoms with van der Waals surface area (Å²) in [6.45, 7) is 1.34. The summed E-state index contributed by atoms with van der Waals surface area (Å²) in [5.74, 6) is 0.609. The fourth-order valence-electron chi connectivity index (χ4n) is 3.28. The number of benzene rings is 1. The molecule has 7 nitrogen and oxygen atoms in total. The van der Waals surface area contributed by atoms with E-state index in [-0.39, 0.29) is 11.9 Å². The van der Waals surface area contributed by atoms with Crippen LogP contribution in [0.25, 0.3) is 11.0 Å². The Labute approximate surface area is 150 Å². The number of H-pyrrole nitrogens is 1. The molecule has 0 bridgehead atoms. The Balaban J connectivity index is 1.45. The van der Waals surface area contributed by atoms with E-state index in [4.69, 9.17) is 0 Å². The second kappa shape index (κ2) is 6.95. The van der Waals surface area contributed by atoms with Gasteiger partial charge in [-0.1, -0.05) is 18.2 Å². The van der Waals surface area contributed by atoms with E-state index in [0.717, 1.165) is 18.2 Å². The number of anilines is 1.